The summed E-state index contributed by atoms with van der Waals surface area (Å²) in [6.07, 6.45) is -0.673. The van der Waals surface area contributed by atoms with E-state index in [9.17, 15) is 9.90 Å². The molecule has 3 rings (SSSR count). The van der Waals surface area contributed by atoms with Crippen molar-refractivity contribution >= 4 is 23.7 Å². The standard InChI is InChI=1S/C20H28N4O5S/c1-3-24-19(23-9-11-27-12-10-23)21-22-20(24)30-14-16(25)13-29-17-7-5-15(6-8-17)18(26)28-4-2/h5-8,16,25H,3-4,9-14H2,1-2H3. The highest BCUT2D eigenvalue weighted by atomic mass is 32.2. The molecular formula is C20H28N4O5S. The second kappa shape index (κ2) is 11.2. The van der Waals surface area contributed by atoms with Crippen molar-refractivity contribution in [3.05, 3.63) is 29.8 Å². The lowest BCUT2D eigenvalue weighted by Crippen LogP contribution is -2.38. The molecular weight excluding hydrogens is 408 g/mol. The number of rotatable bonds is 10. The van der Waals surface area contributed by atoms with Gasteiger partial charge in [-0.25, -0.2) is 4.79 Å². The van der Waals surface area contributed by atoms with Crippen LogP contribution in [-0.2, 0) is 16.0 Å². The molecule has 9 nitrogen and oxygen atoms in total. The van der Waals surface area contributed by atoms with Crippen LogP contribution in [0.2, 0.25) is 0 Å². The van der Waals surface area contributed by atoms with Crippen LogP contribution >= 0.6 is 11.8 Å². The number of morpholine rings is 1. The summed E-state index contributed by atoms with van der Waals surface area (Å²) in [4.78, 5) is 13.8. The number of aliphatic hydroxyl groups excluding tert-OH is 1. The van der Waals surface area contributed by atoms with Gasteiger partial charge >= 0.3 is 5.97 Å². The van der Waals surface area contributed by atoms with Gasteiger partial charge in [0.15, 0.2) is 5.16 Å². The van der Waals surface area contributed by atoms with Gasteiger partial charge in [-0.15, -0.1) is 10.2 Å². The van der Waals surface area contributed by atoms with Gasteiger partial charge in [0.05, 0.1) is 31.5 Å². The van der Waals surface area contributed by atoms with Gasteiger partial charge in [0, 0.05) is 25.4 Å². The molecule has 1 fully saturated rings. The van der Waals surface area contributed by atoms with Crippen LogP contribution in [0, 0.1) is 0 Å². The number of carbonyl (C=O) groups is 1. The van der Waals surface area contributed by atoms with Crippen LogP contribution in [0.1, 0.15) is 24.2 Å². The number of benzene rings is 1. The molecule has 1 aliphatic heterocycles. The Labute approximate surface area is 180 Å². The lowest BCUT2D eigenvalue weighted by atomic mass is 10.2. The highest BCUT2D eigenvalue weighted by Gasteiger charge is 2.20. The second-order valence-electron chi connectivity index (χ2n) is 6.65. The maximum absolute atomic E-state index is 11.7. The lowest BCUT2D eigenvalue weighted by molar-refractivity contribution is 0.0526. The van der Waals surface area contributed by atoms with E-state index in [-0.39, 0.29) is 12.6 Å². The molecule has 2 heterocycles. The van der Waals surface area contributed by atoms with E-state index in [4.69, 9.17) is 14.2 Å². The largest absolute Gasteiger partial charge is 0.491 e. The van der Waals surface area contributed by atoms with E-state index in [1.165, 1.54) is 11.8 Å². The van der Waals surface area contributed by atoms with Gasteiger partial charge in [0.2, 0.25) is 5.95 Å². The van der Waals surface area contributed by atoms with E-state index in [0.29, 0.717) is 36.9 Å². The number of hydrogen-bond acceptors (Lipinski definition) is 9. The molecule has 164 valence electrons. The van der Waals surface area contributed by atoms with Crippen molar-refractivity contribution in [2.45, 2.75) is 31.7 Å². The van der Waals surface area contributed by atoms with Crippen molar-refractivity contribution in [1.29, 1.82) is 0 Å². The molecule has 1 saturated heterocycles. The first-order chi connectivity index (χ1) is 14.6. The Bertz CT molecular complexity index is 808. The fraction of sp³-hybridized carbons (Fsp3) is 0.550. The first-order valence-electron chi connectivity index (χ1n) is 10.1. The molecule has 0 aliphatic carbocycles. The molecule has 30 heavy (non-hydrogen) atoms. The predicted molar refractivity (Wildman–Crippen MR) is 113 cm³/mol. The number of carbonyl (C=O) groups excluding carboxylic acids is 1. The van der Waals surface area contributed by atoms with Crippen LogP contribution in [0.15, 0.2) is 29.4 Å². The lowest BCUT2D eigenvalue weighted by Gasteiger charge is -2.27. The van der Waals surface area contributed by atoms with Gasteiger partial charge < -0.3 is 24.2 Å². The first-order valence-corrected chi connectivity index (χ1v) is 11.1. The van der Waals surface area contributed by atoms with Gasteiger partial charge in [0.1, 0.15) is 12.4 Å². The van der Waals surface area contributed by atoms with Crippen molar-refractivity contribution in [1.82, 2.24) is 14.8 Å². The molecule has 2 aromatic rings. The molecule has 0 bridgehead atoms. The summed E-state index contributed by atoms with van der Waals surface area (Å²) in [5.74, 6) is 1.49. The van der Waals surface area contributed by atoms with Crippen LogP contribution in [0.3, 0.4) is 0 Å². The van der Waals surface area contributed by atoms with Crippen molar-refractivity contribution in [2.75, 3.05) is 50.2 Å². The second-order valence-corrected chi connectivity index (χ2v) is 7.63. The zero-order valence-electron chi connectivity index (χ0n) is 17.3. The summed E-state index contributed by atoms with van der Waals surface area (Å²) in [6, 6.07) is 6.67. The third kappa shape index (κ3) is 5.87. The van der Waals surface area contributed by atoms with Gasteiger partial charge in [-0.2, -0.15) is 0 Å². The number of nitrogens with zero attached hydrogens (tertiary/aromatic N) is 4. The van der Waals surface area contributed by atoms with Crippen molar-refractivity contribution in [3.63, 3.8) is 0 Å². The summed E-state index contributed by atoms with van der Waals surface area (Å²) < 4.78 is 18.0. The molecule has 1 atom stereocenters. The van der Waals surface area contributed by atoms with Gasteiger partial charge in [-0.1, -0.05) is 11.8 Å². The van der Waals surface area contributed by atoms with E-state index in [2.05, 4.69) is 26.6 Å². The first kappa shape index (κ1) is 22.4. The third-order valence-electron chi connectivity index (χ3n) is 4.52. The Balaban J connectivity index is 1.48. The number of anilines is 1. The van der Waals surface area contributed by atoms with Crippen LogP contribution in [0.25, 0.3) is 0 Å². The Morgan fingerprint density at radius 3 is 2.63 bits per heavy atom. The predicted octanol–water partition coefficient (Wildman–Crippen LogP) is 1.84. The maximum Gasteiger partial charge on any atom is 0.338 e. The van der Waals surface area contributed by atoms with Crippen molar-refractivity contribution in [2.24, 2.45) is 0 Å². The van der Waals surface area contributed by atoms with Crippen molar-refractivity contribution < 1.29 is 24.1 Å². The number of hydrogen-bond donors (Lipinski definition) is 1. The summed E-state index contributed by atoms with van der Waals surface area (Å²) in [7, 11) is 0. The molecule has 0 spiro atoms. The van der Waals surface area contributed by atoms with Crippen molar-refractivity contribution in [3.8, 4) is 5.75 Å². The Morgan fingerprint density at radius 1 is 1.23 bits per heavy atom. The number of ether oxygens (including phenoxy) is 3. The molecule has 0 saturated carbocycles. The Kier molecular flexibility index (Phi) is 8.35. The number of thioether (sulfide) groups is 1. The topological polar surface area (TPSA) is 98.9 Å². The number of aliphatic hydroxyl groups is 1. The normalized spacial score (nSPS) is 15.1. The average Bonchev–Trinajstić information content (AvgIpc) is 3.20. The average molecular weight is 437 g/mol. The molecule has 1 aromatic carbocycles. The highest BCUT2D eigenvalue weighted by molar-refractivity contribution is 7.99. The van der Waals surface area contributed by atoms with Crippen LogP contribution < -0.4 is 9.64 Å². The van der Waals surface area contributed by atoms with E-state index < -0.39 is 6.10 Å². The molecule has 1 aromatic heterocycles. The highest BCUT2D eigenvalue weighted by Crippen LogP contribution is 2.23. The molecule has 10 heteroatoms. The molecule has 1 aliphatic rings. The number of aromatic nitrogens is 3. The quantitative estimate of drug-likeness (QED) is 0.442. The SMILES string of the molecule is CCOC(=O)c1ccc(OCC(O)CSc2nnc(N3CCOCC3)n2CC)cc1. The summed E-state index contributed by atoms with van der Waals surface area (Å²) in [5, 5.41) is 19.7. The summed E-state index contributed by atoms with van der Waals surface area (Å²) in [5.41, 5.74) is 0.468. The van der Waals surface area contributed by atoms with Gasteiger partial charge in [-0.05, 0) is 38.1 Å². The third-order valence-corrected chi connectivity index (χ3v) is 5.63. The Morgan fingerprint density at radius 2 is 1.97 bits per heavy atom. The summed E-state index contributed by atoms with van der Waals surface area (Å²) >= 11 is 1.45. The number of esters is 1. The maximum atomic E-state index is 11.7. The molecule has 0 amide bonds. The van der Waals surface area contributed by atoms with Crippen LogP contribution in [-0.4, -0.2) is 77.2 Å². The Hall–Kier alpha value is -2.30. The minimum Gasteiger partial charge on any atom is -0.491 e. The van der Waals surface area contributed by atoms with E-state index in [1.807, 2.05) is 0 Å². The fourth-order valence-corrected chi connectivity index (χ4v) is 3.88. The minimum atomic E-state index is -0.673. The van der Waals surface area contributed by atoms with Crippen LogP contribution in [0.4, 0.5) is 5.95 Å². The van der Waals surface area contributed by atoms with Gasteiger partial charge in [0.25, 0.3) is 0 Å². The molecule has 1 unspecified atom stereocenters. The zero-order valence-corrected chi connectivity index (χ0v) is 18.1. The van der Waals surface area contributed by atoms with E-state index >= 15 is 0 Å². The monoisotopic (exact) mass is 436 g/mol. The van der Waals surface area contributed by atoms with Crippen LogP contribution in [0.5, 0.6) is 5.75 Å². The van der Waals surface area contributed by atoms with E-state index in [1.54, 1.807) is 31.2 Å². The minimum absolute atomic E-state index is 0.141. The summed E-state index contributed by atoms with van der Waals surface area (Å²) in [6.45, 7) is 8.02. The molecule has 1 N–H and O–H groups in total. The smallest absolute Gasteiger partial charge is 0.338 e. The van der Waals surface area contributed by atoms with Gasteiger partial charge in [-0.3, -0.25) is 4.57 Å². The fourth-order valence-electron chi connectivity index (χ4n) is 2.97. The molecule has 0 radical (unpaired) electrons. The zero-order chi connectivity index (χ0) is 21.3. The van der Waals surface area contributed by atoms with E-state index in [0.717, 1.165) is 30.7 Å².